The molecule has 3 nitrogen and oxygen atoms in total. The predicted octanol–water partition coefficient (Wildman–Crippen LogP) is 9.10. The lowest BCUT2D eigenvalue weighted by molar-refractivity contribution is 0.591. The number of pyridine rings is 1. The molecule has 4 aromatic carbocycles. The van der Waals surface area contributed by atoms with E-state index in [9.17, 15) is 0 Å². The molecule has 0 aliphatic carbocycles. The minimum absolute atomic E-state index is 0.0808. The number of fused-ring (bicyclic) bond motifs is 10. The molecule has 0 aliphatic heterocycles. The number of hydrogen-bond acceptors (Lipinski definition) is 2. The highest BCUT2D eigenvalue weighted by Gasteiger charge is 2.24. The van der Waals surface area contributed by atoms with Gasteiger partial charge in [0.2, 0.25) is 0 Å². The molecule has 0 amide bonds. The highest BCUT2D eigenvalue weighted by molar-refractivity contribution is 6.33. The largest absolute Gasteiger partial charge is 0.455 e. The van der Waals surface area contributed by atoms with Gasteiger partial charge < -0.3 is 8.82 Å². The van der Waals surface area contributed by atoms with Gasteiger partial charge in [0, 0.05) is 38.7 Å². The maximum absolute atomic E-state index is 6.56. The van der Waals surface area contributed by atoms with E-state index >= 15 is 0 Å². The molecule has 8 aromatic rings. The average Bonchev–Trinajstić information content (AvgIpc) is 3.53. The van der Waals surface area contributed by atoms with E-state index in [1.807, 2.05) is 24.4 Å². The maximum Gasteiger partial charge on any atom is 0.145 e. The maximum atomic E-state index is 6.56. The Morgan fingerprint density at radius 3 is 2.33 bits per heavy atom. The summed E-state index contributed by atoms with van der Waals surface area (Å²) in [4.78, 5) is 4.61. The standard InChI is InChI=1S/C33H24N2O/c1-33(2,3)20-12-14-27-22(17-20)23-18-24-21-8-4-5-10-29(21)36-32(24)30-25-16-19(26-9-6-7-15-34-26)11-13-28(25)35(27)31(23)30/h4-18H,1-3H3. The molecule has 4 heterocycles. The lowest BCUT2D eigenvalue weighted by Crippen LogP contribution is -2.10. The van der Waals surface area contributed by atoms with Crippen molar-refractivity contribution < 1.29 is 4.42 Å². The molecule has 4 aromatic heterocycles. The van der Waals surface area contributed by atoms with E-state index in [0.717, 1.165) is 27.8 Å². The number of rotatable bonds is 1. The number of para-hydroxylation sites is 1. The molecule has 0 saturated heterocycles. The van der Waals surface area contributed by atoms with Gasteiger partial charge in [0.15, 0.2) is 0 Å². The summed E-state index contributed by atoms with van der Waals surface area (Å²) in [5.74, 6) is 0. The third-order valence-electron chi connectivity index (χ3n) is 7.73. The van der Waals surface area contributed by atoms with Crippen molar-refractivity contribution in [3.63, 3.8) is 0 Å². The van der Waals surface area contributed by atoms with Gasteiger partial charge in [-0.1, -0.05) is 57.2 Å². The van der Waals surface area contributed by atoms with Crippen LogP contribution in [0, 0.1) is 0 Å². The van der Waals surface area contributed by atoms with Gasteiger partial charge in [0.05, 0.1) is 27.6 Å². The fourth-order valence-electron chi connectivity index (χ4n) is 5.94. The normalized spacial score (nSPS) is 12.9. The second-order valence-electron chi connectivity index (χ2n) is 10.9. The van der Waals surface area contributed by atoms with Crippen LogP contribution in [0.4, 0.5) is 0 Å². The fourth-order valence-corrected chi connectivity index (χ4v) is 5.94. The quantitative estimate of drug-likeness (QED) is 0.242. The summed E-state index contributed by atoms with van der Waals surface area (Å²) in [5.41, 5.74) is 9.07. The average molecular weight is 465 g/mol. The topological polar surface area (TPSA) is 30.4 Å². The van der Waals surface area contributed by atoms with Crippen molar-refractivity contribution in [1.82, 2.24) is 9.38 Å². The van der Waals surface area contributed by atoms with Crippen LogP contribution < -0.4 is 0 Å². The van der Waals surface area contributed by atoms with Crippen LogP contribution in [0.5, 0.6) is 0 Å². The molecule has 172 valence electrons. The van der Waals surface area contributed by atoms with Crippen LogP contribution >= 0.6 is 0 Å². The molecule has 0 radical (unpaired) electrons. The zero-order valence-corrected chi connectivity index (χ0v) is 20.5. The summed E-state index contributed by atoms with van der Waals surface area (Å²) in [7, 11) is 0. The molecule has 3 heteroatoms. The molecule has 0 bridgehead atoms. The van der Waals surface area contributed by atoms with Gasteiger partial charge in [-0.25, -0.2) is 0 Å². The number of hydrogen-bond donors (Lipinski definition) is 0. The minimum atomic E-state index is 0.0808. The number of nitrogens with zero attached hydrogens (tertiary/aromatic N) is 2. The molecule has 0 unspecified atom stereocenters. The van der Waals surface area contributed by atoms with Gasteiger partial charge in [0.25, 0.3) is 0 Å². The Balaban J connectivity index is 1.62. The van der Waals surface area contributed by atoms with Crippen LogP contribution in [0.25, 0.3) is 71.3 Å². The third-order valence-corrected chi connectivity index (χ3v) is 7.73. The first-order chi connectivity index (χ1) is 17.5. The molecular weight excluding hydrogens is 440 g/mol. The Morgan fingerprint density at radius 1 is 0.694 bits per heavy atom. The monoisotopic (exact) mass is 464 g/mol. The number of aromatic nitrogens is 2. The van der Waals surface area contributed by atoms with E-state index in [4.69, 9.17) is 4.42 Å². The van der Waals surface area contributed by atoms with E-state index < -0.39 is 0 Å². The van der Waals surface area contributed by atoms with Crippen LogP contribution in [-0.4, -0.2) is 9.38 Å². The Morgan fingerprint density at radius 2 is 1.50 bits per heavy atom. The van der Waals surface area contributed by atoms with Crippen molar-refractivity contribution in [2.75, 3.05) is 0 Å². The van der Waals surface area contributed by atoms with Gasteiger partial charge in [-0.2, -0.15) is 0 Å². The number of benzene rings is 4. The van der Waals surface area contributed by atoms with E-state index in [1.54, 1.807) is 0 Å². The molecule has 0 N–H and O–H groups in total. The molecule has 0 atom stereocenters. The first-order valence-electron chi connectivity index (χ1n) is 12.5. The van der Waals surface area contributed by atoms with Crippen LogP contribution in [0.2, 0.25) is 0 Å². The van der Waals surface area contributed by atoms with Gasteiger partial charge in [-0.3, -0.25) is 4.98 Å². The molecule has 8 rings (SSSR count). The highest BCUT2D eigenvalue weighted by atomic mass is 16.3. The van der Waals surface area contributed by atoms with E-state index in [-0.39, 0.29) is 5.41 Å². The van der Waals surface area contributed by atoms with Crippen molar-refractivity contribution in [3.8, 4) is 11.3 Å². The van der Waals surface area contributed by atoms with E-state index in [0.29, 0.717) is 0 Å². The summed E-state index contributed by atoms with van der Waals surface area (Å²) in [6, 6.07) is 30.4. The van der Waals surface area contributed by atoms with Crippen molar-refractivity contribution in [2.24, 2.45) is 0 Å². The van der Waals surface area contributed by atoms with Gasteiger partial charge in [-0.15, -0.1) is 0 Å². The van der Waals surface area contributed by atoms with E-state index in [1.165, 1.54) is 49.0 Å². The molecule has 0 aliphatic rings. The Hall–Kier alpha value is -4.37. The van der Waals surface area contributed by atoms with Gasteiger partial charge in [0.1, 0.15) is 11.2 Å². The molecular formula is C33H24N2O. The first-order valence-corrected chi connectivity index (χ1v) is 12.5. The van der Waals surface area contributed by atoms with Crippen LogP contribution in [0.1, 0.15) is 26.3 Å². The van der Waals surface area contributed by atoms with E-state index in [2.05, 4.69) is 96.9 Å². The second kappa shape index (κ2) is 6.64. The van der Waals surface area contributed by atoms with Gasteiger partial charge >= 0.3 is 0 Å². The van der Waals surface area contributed by atoms with Crippen molar-refractivity contribution in [1.29, 1.82) is 0 Å². The molecule has 0 spiro atoms. The summed E-state index contributed by atoms with van der Waals surface area (Å²) < 4.78 is 8.99. The Bertz CT molecular complexity index is 2120. The lowest BCUT2D eigenvalue weighted by atomic mass is 9.86. The smallest absolute Gasteiger partial charge is 0.145 e. The highest BCUT2D eigenvalue weighted by Crippen LogP contribution is 2.46. The number of furan rings is 1. The van der Waals surface area contributed by atoms with Crippen molar-refractivity contribution >= 4 is 60.0 Å². The Labute approximate surface area is 207 Å². The zero-order chi connectivity index (χ0) is 24.2. The summed E-state index contributed by atoms with van der Waals surface area (Å²) >= 11 is 0. The van der Waals surface area contributed by atoms with Crippen LogP contribution in [0.15, 0.2) is 95.5 Å². The lowest BCUT2D eigenvalue weighted by Gasteiger charge is -2.19. The molecule has 0 fully saturated rings. The molecule has 36 heavy (non-hydrogen) atoms. The predicted molar refractivity (Wildman–Crippen MR) is 150 cm³/mol. The summed E-state index contributed by atoms with van der Waals surface area (Å²) in [6.07, 6.45) is 1.85. The minimum Gasteiger partial charge on any atom is -0.455 e. The van der Waals surface area contributed by atoms with Crippen LogP contribution in [0.3, 0.4) is 0 Å². The van der Waals surface area contributed by atoms with Gasteiger partial charge in [-0.05, 0) is 59.5 Å². The second-order valence-corrected chi connectivity index (χ2v) is 10.9. The zero-order valence-electron chi connectivity index (χ0n) is 20.5. The Kier molecular flexibility index (Phi) is 3.67. The van der Waals surface area contributed by atoms with Crippen molar-refractivity contribution in [3.05, 3.63) is 96.7 Å². The summed E-state index contributed by atoms with van der Waals surface area (Å²) in [5, 5.41) is 7.29. The fraction of sp³-hybridized carbons (Fsp3) is 0.121. The SMILES string of the molecule is CC(C)(C)c1ccc2c(c1)c1cc3c4ccccc4oc3c3c4cc(-c5ccccn5)ccc4n2c13. The van der Waals surface area contributed by atoms with Crippen molar-refractivity contribution in [2.45, 2.75) is 26.2 Å². The first kappa shape index (κ1) is 19.9. The molecule has 0 saturated carbocycles. The van der Waals surface area contributed by atoms with Crippen LogP contribution in [-0.2, 0) is 5.41 Å². The third kappa shape index (κ3) is 2.50. The summed E-state index contributed by atoms with van der Waals surface area (Å²) in [6.45, 7) is 6.84.